The van der Waals surface area contributed by atoms with Gasteiger partial charge in [0, 0.05) is 0 Å². The van der Waals surface area contributed by atoms with Crippen LogP contribution in [0, 0.1) is 0 Å². The fourth-order valence-electron chi connectivity index (χ4n) is 2.29. The Kier molecular flexibility index (Phi) is 7.24. The molecular formula is C23H18OSe2. The van der Waals surface area contributed by atoms with Crippen LogP contribution in [0.2, 0.25) is 0 Å². The van der Waals surface area contributed by atoms with Gasteiger partial charge >= 0.3 is 168 Å². The third-order valence-corrected chi connectivity index (χ3v) is 7.53. The molecule has 3 aromatic rings. The summed E-state index contributed by atoms with van der Waals surface area (Å²) >= 11 is 0.170. The maximum absolute atomic E-state index is 11.7. The van der Waals surface area contributed by atoms with E-state index in [2.05, 4.69) is 60.7 Å². The molecule has 0 saturated heterocycles. The average molecular weight is 468 g/mol. The summed E-state index contributed by atoms with van der Waals surface area (Å²) in [5.74, 6) is 0. The van der Waals surface area contributed by atoms with Crippen molar-refractivity contribution in [2.75, 3.05) is 0 Å². The van der Waals surface area contributed by atoms with E-state index in [0.29, 0.717) is 0 Å². The van der Waals surface area contributed by atoms with Crippen LogP contribution >= 0.6 is 0 Å². The molecule has 128 valence electrons. The monoisotopic (exact) mass is 470 g/mol. The molecule has 0 unspecified atom stereocenters. The molecule has 26 heavy (non-hydrogen) atoms. The first kappa shape index (κ1) is 18.6. The number of carbonyl (C=O) groups excluding carboxylic acids is 1. The Morgan fingerprint density at radius 1 is 0.615 bits per heavy atom. The van der Waals surface area contributed by atoms with Crippen molar-refractivity contribution in [2.24, 2.45) is 0 Å². The zero-order valence-corrected chi connectivity index (χ0v) is 17.5. The Labute approximate surface area is 167 Å². The van der Waals surface area contributed by atoms with Gasteiger partial charge in [0.25, 0.3) is 0 Å². The van der Waals surface area contributed by atoms with Gasteiger partial charge in [-0.05, 0) is 0 Å². The fraction of sp³-hybridized carbons (Fsp3) is 0. The molecule has 0 aliphatic carbocycles. The first-order valence-corrected chi connectivity index (χ1v) is 11.7. The number of allylic oxidation sites excluding steroid dienone is 3. The van der Waals surface area contributed by atoms with Gasteiger partial charge in [-0.3, -0.25) is 0 Å². The Morgan fingerprint density at radius 2 is 1.08 bits per heavy atom. The van der Waals surface area contributed by atoms with E-state index in [9.17, 15) is 4.79 Å². The normalized spacial score (nSPS) is 12.0. The van der Waals surface area contributed by atoms with Crippen molar-refractivity contribution in [2.45, 2.75) is 0 Å². The summed E-state index contributed by atoms with van der Waals surface area (Å²) in [5.41, 5.74) is 1.16. The minimum atomic E-state index is 0.0194. The van der Waals surface area contributed by atoms with Crippen LogP contribution in [-0.2, 0) is 4.79 Å². The van der Waals surface area contributed by atoms with Crippen LogP contribution in [-0.4, -0.2) is 36.2 Å². The Balaban J connectivity index is 1.90. The third kappa shape index (κ3) is 5.98. The molecule has 0 bridgehead atoms. The van der Waals surface area contributed by atoms with Gasteiger partial charge in [-0.2, -0.15) is 0 Å². The van der Waals surface area contributed by atoms with Crippen LogP contribution in [0.25, 0.3) is 6.08 Å². The fourth-order valence-corrected chi connectivity index (χ4v) is 6.33. The molecule has 1 nitrogen and oxygen atoms in total. The first-order valence-electron chi connectivity index (χ1n) is 8.23. The number of rotatable bonds is 7. The standard InChI is InChI=1S/C23H18OSe2/c24-18-23(26-21-14-8-3-9-15-21)17-22(16-19-10-4-1-5-11-19)25-20-12-6-2-7-13-20/h1-18H/b22-16-,23-17-. The molecule has 0 aromatic heterocycles. The predicted molar refractivity (Wildman–Crippen MR) is 112 cm³/mol. The van der Waals surface area contributed by atoms with E-state index in [-0.39, 0.29) is 29.9 Å². The molecule has 0 amide bonds. The maximum atomic E-state index is 11.7. The van der Waals surface area contributed by atoms with Gasteiger partial charge in [0.1, 0.15) is 0 Å². The van der Waals surface area contributed by atoms with E-state index in [4.69, 9.17) is 0 Å². The summed E-state index contributed by atoms with van der Waals surface area (Å²) in [5, 5.41) is 0. The van der Waals surface area contributed by atoms with Gasteiger partial charge in [-0.25, -0.2) is 0 Å². The van der Waals surface area contributed by atoms with Gasteiger partial charge in [0.05, 0.1) is 0 Å². The molecule has 0 radical (unpaired) electrons. The molecule has 0 heterocycles. The van der Waals surface area contributed by atoms with Crippen molar-refractivity contribution in [3.05, 3.63) is 112 Å². The van der Waals surface area contributed by atoms with Crippen LogP contribution in [0.15, 0.2) is 106 Å². The molecule has 0 saturated carbocycles. The summed E-state index contributed by atoms with van der Waals surface area (Å²) in [6.45, 7) is 0. The predicted octanol–water partition coefficient (Wildman–Crippen LogP) is 3.17. The molecule has 0 N–H and O–H groups in total. The van der Waals surface area contributed by atoms with Crippen LogP contribution in [0.4, 0.5) is 0 Å². The molecule has 0 spiro atoms. The van der Waals surface area contributed by atoms with Crippen molar-refractivity contribution in [1.82, 2.24) is 0 Å². The van der Waals surface area contributed by atoms with Crippen LogP contribution in [0.3, 0.4) is 0 Å². The van der Waals surface area contributed by atoms with E-state index in [1.165, 1.54) is 13.4 Å². The molecule has 3 aromatic carbocycles. The Bertz CT molecular complexity index is 885. The van der Waals surface area contributed by atoms with E-state index < -0.39 is 0 Å². The first-order chi connectivity index (χ1) is 12.8. The molecule has 0 atom stereocenters. The van der Waals surface area contributed by atoms with E-state index >= 15 is 0 Å². The van der Waals surface area contributed by atoms with Gasteiger partial charge in [0.15, 0.2) is 0 Å². The summed E-state index contributed by atoms with van der Waals surface area (Å²) in [4.78, 5) is 11.7. The Hall–Kier alpha value is -2.15. The molecule has 3 rings (SSSR count). The third-order valence-electron chi connectivity index (χ3n) is 3.47. The van der Waals surface area contributed by atoms with Crippen LogP contribution < -0.4 is 8.92 Å². The van der Waals surface area contributed by atoms with E-state index in [1.54, 1.807) is 0 Å². The number of carbonyl (C=O) groups is 1. The quantitative estimate of drug-likeness (QED) is 0.226. The number of hydrogen-bond acceptors (Lipinski definition) is 1. The summed E-state index contributed by atoms with van der Waals surface area (Å²) in [6, 6.07) is 31.0. The van der Waals surface area contributed by atoms with E-state index in [1.807, 2.05) is 42.5 Å². The number of hydrogen-bond donors (Lipinski definition) is 0. The SMILES string of the molecule is O=C/C(=C/C(=C/c1ccccc1)[Se]c1ccccc1)[Se]c1ccccc1. The summed E-state index contributed by atoms with van der Waals surface area (Å²) in [6.07, 6.45) is 5.28. The van der Waals surface area contributed by atoms with Crippen LogP contribution in [0.5, 0.6) is 0 Å². The zero-order chi connectivity index (χ0) is 18.0. The second-order valence-electron chi connectivity index (χ2n) is 5.45. The number of benzene rings is 3. The summed E-state index contributed by atoms with van der Waals surface area (Å²) < 4.78 is 4.58. The van der Waals surface area contributed by atoms with Gasteiger partial charge in [-0.15, -0.1) is 0 Å². The van der Waals surface area contributed by atoms with Gasteiger partial charge in [-0.1, -0.05) is 0 Å². The molecule has 3 heteroatoms. The zero-order valence-electron chi connectivity index (χ0n) is 14.1. The van der Waals surface area contributed by atoms with Crippen molar-refractivity contribution in [1.29, 1.82) is 0 Å². The average Bonchev–Trinajstić information content (AvgIpc) is 2.70. The van der Waals surface area contributed by atoms with Gasteiger partial charge in [0.2, 0.25) is 0 Å². The molecule has 0 aliphatic rings. The second-order valence-corrected chi connectivity index (χ2v) is 10.3. The van der Waals surface area contributed by atoms with Crippen molar-refractivity contribution >= 4 is 51.2 Å². The van der Waals surface area contributed by atoms with E-state index in [0.717, 1.165) is 16.3 Å². The second kappa shape index (κ2) is 10.1. The molecule has 0 fully saturated rings. The number of aldehydes is 1. The molecular weight excluding hydrogens is 450 g/mol. The van der Waals surface area contributed by atoms with Crippen molar-refractivity contribution < 1.29 is 4.79 Å². The van der Waals surface area contributed by atoms with Gasteiger partial charge < -0.3 is 0 Å². The molecule has 0 aliphatic heterocycles. The minimum absolute atomic E-state index is 0.0194. The topological polar surface area (TPSA) is 17.1 Å². The summed E-state index contributed by atoms with van der Waals surface area (Å²) in [7, 11) is 0. The van der Waals surface area contributed by atoms with Crippen LogP contribution in [0.1, 0.15) is 5.56 Å². The van der Waals surface area contributed by atoms with Crippen molar-refractivity contribution in [3.8, 4) is 0 Å². The van der Waals surface area contributed by atoms with Crippen molar-refractivity contribution in [3.63, 3.8) is 0 Å². The Morgan fingerprint density at radius 3 is 1.58 bits per heavy atom.